The molecule has 1 saturated heterocycles. The average Bonchev–Trinajstić information content (AvgIpc) is 2.80. The summed E-state index contributed by atoms with van der Waals surface area (Å²) >= 11 is 0. The van der Waals surface area contributed by atoms with E-state index in [-0.39, 0.29) is 12.1 Å². The van der Waals surface area contributed by atoms with Crippen molar-refractivity contribution in [1.29, 1.82) is 0 Å². The third-order valence-electron chi connectivity index (χ3n) is 5.86. The van der Waals surface area contributed by atoms with E-state index in [9.17, 15) is 4.57 Å². The lowest BCUT2D eigenvalue weighted by atomic mass is 9.96. The van der Waals surface area contributed by atoms with Crippen molar-refractivity contribution in [2.45, 2.75) is 51.6 Å². The first kappa shape index (κ1) is 23.1. The third-order valence-corrected chi connectivity index (χ3v) is 7.22. The Morgan fingerprint density at radius 1 is 0.818 bits per heavy atom. The molecule has 0 spiro atoms. The van der Waals surface area contributed by atoms with Gasteiger partial charge in [0.2, 0.25) is 0 Å². The largest absolute Gasteiger partial charge is 0.564 e. The number of benzene rings is 3. The first-order valence-corrected chi connectivity index (χ1v) is 13.0. The van der Waals surface area contributed by atoms with Crippen molar-refractivity contribution in [2.75, 3.05) is 0 Å². The highest BCUT2D eigenvalue weighted by atomic mass is 31.2. The number of hydrogen-bond donors (Lipinski definition) is 0. The maximum absolute atomic E-state index is 14.2. The van der Waals surface area contributed by atoms with Gasteiger partial charge in [-0.05, 0) is 62.9 Å². The molecule has 0 unspecified atom stereocenters. The predicted octanol–water partition coefficient (Wildman–Crippen LogP) is 7.16. The van der Waals surface area contributed by atoms with Gasteiger partial charge in [0.1, 0.15) is 17.3 Å². The van der Waals surface area contributed by atoms with E-state index < -0.39 is 7.75 Å². The molecule has 0 aromatic heterocycles. The summed E-state index contributed by atoms with van der Waals surface area (Å²) in [6.45, 7) is 4.41. The van der Waals surface area contributed by atoms with Gasteiger partial charge in [0, 0.05) is 18.5 Å². The summed E-state index contributed by atoms with van der Waals surface area (Å²) in [6, 6.07) is 28.9. The van der Waals surface area contributed by atoms with Crippen LogP contribution in [0.2, 0.25) is 0 Å². The van der Waals surface area contributed by atoms with Crippen LogP contribution in [0.1, 0.15) is 38.7 Å². The molecular weight excluding hydrogens is 431 g/mol. The zero-order valence-corrected chi connectivity index (χ0v) is 20.1. The summed E-state index contributed by atoms with van der Waals surface area (Å²) in [4.78, 5) is 2.30. The molecule has 1 aliphatic heterocycles. The van der Waals surface area contributed by atoms with Crippen LogP contribution in [0.5, 0.6) is 11.5 Å². The van der Waals surface area contributed by atoms with E-state index in [0.29, 0.717) is 17.9 Å². The summed E-state index contributed by atoms with van der Waals surface area (Å²) in [5.74, 6) is 1.65. The van der Waals surface area contributed by atoms with Gasteiger partial charge in [0.05, 0.1) is 0 Å². The van der Waals surface area contributed by atoms with Gasteiger partial charge in [0.25, 0.3) is 0 Å². The Labute approximate surface area is 196 Å². The zero-order chi connectivity index (χ0) is 23.1. The van der Waals surface area contributed by atoms with Crippen molar-refractivity contribution in [2.24, 2.45) is 4.76 Å². The van der Waals surface area contributed by atoms with Crippen molar-refractivity contribution in [3.8, 4) is 11.5 Å². The number of hydrogen-bond acceptors (Lipinski definition) is 3. The molecule has 5 nitrogen and oxygen atoms in total. The Morgan fingerprint density at radius 3 is 1.76 bits per heavy atom. The monoisotopic (exact) mass is 462 g/mol. The van der Waals surface area contributed by atoms with Gasteiger partial charge in [-0.25, -0.2) is 4.57 Å². The first-order chi connectivity index (χ1) is 16.0. The molecule has 6 heteroatoms. The molecule has 0 radical (unpaired) electrons. The lowest BCUT2D eigenvalue weighted by molar-refractivity contribution is 0.188. The van der Waals surface area contributed by atoms with Gasteiger partial charge in [-0.15, -0.1) is 4.76 Å². The molecule has 3 aromatic carbocycles. The lowest BCUT2D eigenvalue weighted by Gasteiger charge is -2.41. The van der Waals surface area contributed by atoms with Gasteiger partial charge in [-0.2, -0.15) is 0 Å². The summed E-state index contributed by atoms with van der Waals surface area (Å²) in [5, 5.41) is 0. The summed E-state index contributed by atoms with van der Waals surface area (Å²) < 4.78 is 30.8. The van der Waals surface area contributed by atoms with E-state index in [1.165, 1.54) is 6.42 Å². The van der Waals surface area contributed by atoms with Crippen LogP contribution in [-0.2, 0) is 11.0 Å². The maximum atomic E-state index is 14.2. The molecule has 0 bridgehead atoms. The fourth-order valence-corrected chi connectivity index (χ4v) is 5.67. The van der Waals surface area contributed by atoms with Crippen LogP contribution in [-0.4, -0.2) is 22.8 Å². The Kier molecular flexibility index (Phi) is 7.51. The lowest BCUT2D eigenvalue weighted by Crippen LogP contribution is -2.48. The quantitative estimate of drug-likeness (QED) is 0.212. The van der Waals surface area contributed by atoms with Gasteiger partial charge >= 0.3 is 7.75 Å². The number of likely N-dealkylation sites (tertiary alicyclic amines) is 1. The Balaban J connectivity index is 1.76. The second-order valence-electron chi connectivity index (χ2n) is 8.49. The Hall–Kier alpha value is -3.04. The molecule has 0 amide bonds. The van der Waals surface area contributed by atoms with Crippen LogP contribution in [0.15, 0.2) is 95.8 Å². The fraction of sp³-hybridized carbons (Fsp3) is 0.296. The minimum absolute atomic E-state index is 0.290. The zero-order valence-electron chi connectivity index (χ0n) is 19.2. The van der Waals surface area contributed by atoms with Crippen LogP contribution in [0, 0.1) is 0 Å². The summed E-state index contributed by atoms with van der Waals surface area (Å²) in [6.07, 6.45) is 3.87. The van der Waals surface area contributed by atoms with Gasteiger partial charge in [-0.1, -0.05) is 66.7 Å². The van der Waals surface area contributed by atoms with Gasteiger partial charge in [0.15, 0.2) is 0 Å². The number of piperidine rings is 1. The number of amidine groups is 1. The molecule has 0 N–H and O–H groups in total. The minimum Gasteiger partial charge on any atom is -0.399 e. The SMILES string of the molecule is C[C@@H]1CCC[C@H](C)N1/C(Cc1ccccc1)=N\P(=O)(Oc1ccccc1)Oc1ccccc1. The van der Waals surface area contributed by atoms with E-state index in [1.807, 2.05) is 54.6 Å². The molecule has 1 fully saturated rings. The van der Waals surface area contributed by atoms with Crippen LogP contribution >= 0.6 is 7.75 Å². The molecule has 0 aliphatic carbocycles. The molecule has 33 heavy (non-hydrogen) atoms. The van der Waals surface area contributed by atoms with Crippen molar-refractivity contribution >= 4 is 13.6 Å². The fourth-order valence-electron chi connectivity index (χ4n) is 4.32. The highest BCUT2D eigenvalue weighted by molar-refractivity contribution is 7.53. The van der Waals surface area contributed by atoms with Crippen molar-refractivity contribution in [1.82, 2.24) is 4.90 Å². The van der Waals surface area contributed by atoms with E-state index >= 15 is 0 Å². The normalized spacial score (nSPS) is 19.2. The number of rotatable bonds is 7. The van der Waals surface area contributed by atoms with E-state index in [4.69, 9.17) is 13.8 Å². The van der Waals surface area contributed by atoms with E-state index in [0.717, 1.165) is 24.2 Å². The molecule has 2 atom stereocenters. The number of nitrogens with zero attached hydrogens (tertiary/aromatic N) is 2. The van der Waals surface area contributed by atoms with Crippen molar-refractivity contribution in [3.05, 3.63) is 96.6 Å². The molecule has 172 valence electrons. The molecular formula is C27H31N2O3P. The van der Waals surface area contributed by atoms with Crippen molar-refractivity contribution < 1.29 is 13.6 Å². The van der Waals surface area contributed by atoms with Crippen LogP contribution < -0.4 is 9.05 Å². The average molecular weight is 463 g/mol. The van der Waals surface area contributed by atoms with Crippen LogP contribution in [0.3, 0.4) is 0 Å². The Bertz CT molecular complexity index is 1030. The van der Waals surface area contributed by atoms with E-state index in [2.05, 4.69) is 30.9 Å². The predicted molar refractivity (Wildman–Crippen MR) is 134 cm³/mol. The third kappa shape index (κ3) is 6.27. The Morgan fingerprint density at radius 2 is 1.27 bits per heavy atom. The number of para-hydroxylation sites is 2. The standard InChI is InChI=1S/C27H31N2O3P/c1-22-13-12-14-23(2)29(22)27(21-24-15-6-3-7-16-24)28-33(30,31-25-17-8-4-9-18-25)32-26-19-10-5-11-20-26/h3-11,15-20,22-23H,12-14,21H2,1-2H3/b28-27-/t22-,23+. The van der Waals surface area contributed by atoms with Gasteiger partial charge in [-0.3, -0.25) is 0 Å². The van der Waals surface area contributed by atoms with Crippen LogP contribution in [0.4, 0.5) is 0 Å². The first-order valence-electron chi connectivity index (χ1n) is 11.5. The van der Waals surface area contributed by atoms with E-state index in [1.54, 1.807) is 24.3 Å². The molecule has 1 heterocycles. The second-order valence-corrected chi connectivity index (χ2v) is 9.99. The molecule has 3 aromatic rings. The minimum atomic E-state index is -3.93. The highest BCUT2D eigenvalue weighted by Gasteiger charge is 2.34. The molecule has 0 saturated carbocycles. The smallest absolute Gasteiger partial charge is 0.399 e. The van der Waals surface area contributed by atoms with Gasteiger partial charge < -0.3 is 13.9 Å². The molecule has 1 aliphatic rings. The maximum Gasteiger partial charge on any atom is 0.564 e. The van der Waals surface area contributed by atoms with Crippen molar-refractivity contribution in [3.63, 3.8) is 0 Å². The molecule has 4 rings (SSSR count). The topological polar surface area (TPSA) is 51.1 Å². The summed E-state index contributed by atoms with van der Waals surface area (Å²) in [5.41, 5.74) is 1.10. The summed E-state index contributed by atoms with van der Waals surface area (Å²) in [7, 11) is -3.93. The highest BCUT2D eigenvalue weighted by Crippen LogP contribution is 2.50. The second kappa shape index (κ2) is 10.7. The van der Waals surface area contributed by atoms with Crippen LogP contribution in [0.25, 0.3) is 0 Å².